The van der Waals surface area contributed by atoms with Crippen LogP contribution in [0.2, 0.25) is 0 Å². The van der Waals surface area contributed by atoms with Gasteiger partial charge in [-0.3, -0.25) is 0 Å². The number of carbonyl (C=O) groups is 1. The number of benzene rings is 1. The fraction of sp³-hybridized carbons (Fsp3) is 0.467. The molecule has 1 aromatic rings. The number of rotatable bonds is 4. The molecule has 0 aliphatic rings. The van der Waals surface area contributed by atoms with Crippen LogP contribution in [0, 0.1) is 16.7 Å². The average Bonchev–Trinajstić information content (AvgIpc) is 2.27. The second-order valence-electron chi connectivity index (χ2n) is 5.85. The Morgan fingerprint density at radius 3 is 2.53 bits per heavy atom. The lowest BCUT2D eigenvalue weighted by atomic mass is 9.96. The zero-order valence-electron chi connectivity index (χ0n) is 11.7. The summed E-state index contributed by atoms with van der Waals surface area (Å²) in [6.07, 6.45) is -0.569. The van der Waals surface area contributed by atoms with Crippen molar-refractivity contribution in [3.05, 3.63) is 35.4 Å². The molecule has 0 heterocycles. The highest BCUT2D eigenvalue weighted by molar-refractivity contribution is 5.65. The molecule has 0 aliphatic carbocycles. The number of hydrogen-bond donors (Lipinski definition) is 1. The fourth-order valence-electron chi connectivity index (χ4n) is 1.91. The largest absolute Gasteiger partial charge is 0.465 e. The molecule has 4 heteroatoms. The molecule has 0 saturated carbocycles. The fourth-order valence-corrected chi connectivity index (χ4v) is 1.91. The summed E-state index contributed by atoms with van der Waals surface area (Å²) in [4.78, 5) is 12.7. The lowest BCUT2D eigenvalue weighted by Gasteiger charge is -2.27. The van der Waals surface area contributed by atoms with Gasteiger partial charge in [-0.15, -0.1) is 0 Å². The van der Waals surface area contributed by atoms with Gasteiger partial charge in [0.25, 0.3) is 0 Å². The highest BCUT2D eigenvalue weighted by Gasteiger charge is 2.20. The summed E-state index contributed by atoms with van der Waals surface area (Å²) >= 11 is 0. The van der Waals surface area contributed by atoms with E-state index in [2.05, 4.69) is 6.07 Å². The van der Waals surface area contributed by atoms with E-state index in [4.69, 9.17) is 5.26 Å². The minimum absolute atomic E-state index is 0.0807. The molecule has 0 spiro atoms. The number of amides is 1. The number of nitrogens with zero attached hydrogens (tertiary/aromatic N) is 2. The van der Waals surface area contributed by atoms with Crippen LogP contribution in [0.1, 0.15) is 31.9 Å². The summed E-state index contributed by atoms with van der Waals surface area (Å²) in [5.41, 5.74) is 1.75. The summed E-state index contributed by atoms with van der Waals surface area (Å²) in [5.74, 6) is 0. The molecule has 0 saturated heterocycles. The Kier molecular flexibility index (Phi) is 4.94. The van der Waals surface area contributed by atoms with Gasteiger partial charge in [0, 0.05) is 13.1 Å². The molecule has 0 radical (unpaired) electrons. The Bertz CT molecular complexity index is 484. The van der Waals surface area contributed by atoms with E-state index < -0.39 is 6.09 Å². The molecule has 1 rings (SSSR count). The van der Waals surface area contributed by atoms with Crippen molar-refractivity contribution in [3.63, 3.8) is 0 Å². The van der Waals surface area contributed by atoms with Crippen LogP contribution in [0.4, 0.5) is 4.79 Å². The van der Waals surface area contributed by atoms with E-state index in [1.54, 1.807) is 0 Å². The first kappa shape index (κ1) is 15.0. The van der Waals surface area contributed by atoms with E-state index in [0.29, 0.717) is 19.5 Å². The van der Waals surface area contributed by atoms with Gasteiger partial charge in [0.05, 0.1) is 12.5 Å². The van der Waals surface area contributed by atoms with Crippen LogP contribution >= 0.6 is 0 Å². The predicted molar refractivity (Wildman–Crippen MR) is 73.6 cm³/mol. The zero-order chi connectivity index (χ0) is 14.5. The van der Waals surface area contributed by atoms with Gasteiger partial charge in [0.15, 0.2) is 0 Å². The summed E-state index contributed by atoms with van der Waals surface area (Å²) in [7, 11) is 0. The molecule has 4 nitrogen and oxygen atoms in total. The van der Waals surface area contributed by atoms with E-state index >= 15 is 0 Å². The smallest absolute Gasteiger partial charge is 0.407 e. The van der Waals surface area contributed by atoms with Crippen LogP contribution in [0.15, 0.2) is 24.3 Å². The van der Waals surface area contributed by atoms with Crippen LogP contribution in [-0.4, -0.2) is 22.6 Å². The molecule has 1 N–H and O–H groups in total. The van der Waals surface area contributed by atoms with Crippen molar-refractivity contribution in [2.24, 2.45) is 5.41 Å². The monoisotopic (exact) mass is 260 g/mol. The van der Waals surface area contributed by atoms with Crippen molar-refractivity contribution in [1.29, 1.82) is 5.26 Å². The summed E-state index contributed by atoms with van der Waals surface area (Å²) in [6, 6.07) is 9.61. The van der Waals surface area contributed by atoms with Crippen LogP contribution < -0.4 is 0 Å². The standard InChI is InChI=1S/C15H20N2O2/c1-15(2,3)11-17(14(18)19)10-13-6-4-5-12(9-13)7-8-16/h4-6,9H,7,10-11H2,1-3H3,(H,18,19). The Morgan fingerprint density at radius 2 is 2.00 bits per heavy atom. The van der Waals surface area contributed by atoms with Crippen molar-refractivity contribution in [2.45, 2.75) is 33.7 Å². The molecule has 1 aromatic carbocycles. The molecule has 0 atom stereocenters. The predicted octanol–water partition coefficient (Wildman–Crippen LogP) is 3.28. The molecule has 0 bridgehead atoms. The third kappa shape index (κ3) is 5.43. The second kappa shape index (κ2) is 6.24. The number of nitriles is 1. The van der Waals surface area contributed by atoms with Crippen LogP contribution in [0.5, 0.6) is 0 Å². The molecule has 0 aromatic heterocycles. The van der Waals surface area contributed by atoms with Gasteiger partial charge >= 0.3 is 6.09 Å². The molecule has 1 amide bonds. The van der Waals surface area contributed by atoms with Gasteiger partial charge in [0.1, 0.15) is 0 Å². The zero-order valence-corrected chi connectivity index (χ0v) is 11.7. The third-order valence-corrected chi connectivity index (χ3v) is 2.58. The van der Waals surface area contributed by atoms with Crippen molar-refractivity contribution in [2.75, 3.05) is 6.54 Å². The van der Waals surface area contributed by atoms with Gasteiger partial charge in [0.2, 0.25) is 0 Å². The third-order valence-electron chi connectivity index (χ3n) is 2.58. The maximum absolute atomic E-state index is 11.3. The SMILES string of the molecule is CC(C)(C)CN(Cc1cccc(CC#N)c1)C(=O)O. The number of hydrogen-bond acceptors (Lipinski definition) is 2. The molecule has 0 unspecified atom stereocenters. The van der Waals surface area contributed by atoms with Crippen molar-refractivity contribution >= 4 is 6.09 Å². The normalized spacial score (nSPS) is 10.8. The van der Waals surface area contributed by atoms with Gasteiger partial charge in [-0.2, -0.15) is 5.26 Å². The van der Waals surface area contributed by atoms with Gasteiger partial charge < -0.3 is 10.0 Å². The maximum atomic E-state index is 11.3. The van der Waals surface area contributed by atoms with Gasteiger partial charge in [-0.05, 0) is 16.5 Å². The Morgan fingerprint density at radius 1 is 1.37 bits per heavy atom. The van der Waals surface area contributed by atoms with E-state index in [1.807, 2.05) is 45.0 Å². The summed E-state index contributed by atoms with van der Waals surface area (Å²) < 4.78 is 0. The maximum Gasteiger partial charge on any atom is 0.407 e. The average molecular weight is 260 g/mol. The van der Waals surface area contributed by atoms with Crippen LogP contribution in [-0.2, 0) is 13.0 Å². The minimum Gasteiger partial charge on any atom is -0.465 e. The topological polar surface area (TPSA) is 64.3 Å². The Hall–Kier alpha value is -2.02. The minimum atomic E-state index is -0.916. The van der Waals surface area contributed by atoms with Gasteiger partial charge in [-0.25, -0.2) is 4.79 Å². The van der Waals surface area contributed by atoms with Gasteiger partial charge in [-0.1, -0.05) is 45.0 Å². The van der Waals surface area contributed by atoms with Crippen molar-refractivity contribution < 1.29 is 9.90 Å². The molecule has 19 heavy (non-hydrogen) atoms. The quantitative estimate of drug-likeness (QED) is 0.903. The summed E-state index contributed by atoms with van der Waals surface area (Å²) in [5, 5.41) is 17.9. The summed E-state index contributed by atoms with van der Waals surface area (Å²) in [6.45, 7) is 6.86. The van der Waals surface area contributed by atoms with Crippen LogP contribution in [0.25, 0.3) is 0 Å². The second-order valence-corrected chi connectivity index (χ2v) is 5.85. The highest BCUT2D eigenvalue weighted by Crippen LogP contribution is 2.18. The first-order chi connectivity index (χ1) is 8.81. The molecule has 0 aliphatic heterocycles. The lowest BCUT2D eigenvalue weighted by molar-refractivity contribution is 0.123. The molecular formula is C15H20N2O2. The highest BCUT2D eigenvalue weighted by atomic mass is 16.4. The molecular weight excluding hydrogens is 240 g/mol. The lowest BCUT2D eigenvalue weighted by Crippen LogP contribution is -2.36. The Balaban J connectivity index is 2.82. The van der Waals surface area contributed by atoms with E-state index in [-0.39, 0.29) is 5.41 Å². The van der Waals surface area contributed by atoms with Crippen molar-refractivity contribution in [3.8, 4) is 6.07 Å². The van der Waals surface area contributed by atoms with E-state index in [1.165, 1.54) is 4.90 Å². The molecule has 102 valence electrons. The Labute approximate surface area is 114 Å². The number of carboxylic acid groups (broad SMARTS) is 1. The first-order valence-corrected chi connectivity index (χ1v) is 6.24. The first-order valence-electron chi connectivity index (χ1n) is 6.24. The van der Waals surface area contributed by atoms with E-state index in [0.717, 1.165) is 11.1 Å². The molecule has 0 fully saturated rings. The van der Waals surface area contributed by atoms with Crippen LogP contribution in [0.3, 0.4) is 0 Å². The van der Waals surface area contributed by atoms with E-state index in [9.17, 15) is 9.90 Å². The van der Waals surface area contributed by atoms with Crippen molar-refractivity contribution in [1.82, 2.24) is 4.90 Å².